The molecule has 3 heterocycles. The highest BCUT2D eigenvalue weighted by Gasteiger charge is 2.51. The van der Waals surface area contributed by atoms with E-state index in [0.717, 1.165) is 43.0 Å². The summed E-state index contributed by atoms with van der Waals surface area (Å²) in [6.07, 6.45) is 6.51. The SMILES string of the molecule is Cc1nc2ccc(NC(=O)N3CCC34CCC4)cn2n1. The topological polar surface area (TPSA) is 62.5 Å². The number of rotatable bonds is 1. The molecule has 0 unspecified atom stereocenters. The Balaban J connectivity index is 1.53. The Morgan fingerprint density at radius 1 is 1.35 bits per heavy atom. The standard InChI is InChI=1S/C14H17N5O/c1-10-15-12-4-3-11(9-19(12)17-10)16-13(20)18-8-7-14(18)5-2-6-14/h3-4,9H,2,5-8H2,1H3,(H,16,20). The fourth-order valence-electron chi connectivity index (χ4n) is 3.22. The third-order valence-electron chi connectivity index (χ3n) is 4.59. The number of hydrogen-bond acceptors (Lipinski definition) is 3. The van der Waals surface area contributed by atoms with Crippen molar-refractivity contribution >= 4 is 17.4 Å². The molecule has 0 aromatic carbocycles. The molecule has 1 saturated heterocycles. The Bertz CT molecular complexity index is 682. The predicted octanol–water partition coefficient (Wildman–Crippen LogP) is 2.20. The number of nitrogens with zero attached hydrogens (tertiary/aromatic N) is 4. The second-order valence-electron chi connectivity index (χ2n) is 5.79. The van der Waals surface area contributed by atoms with E-state index in [0.29, 0.717) is 0 Å². The lowest BCUT2D eigenvalue weighted by molar-refractivity contribution is -0.0319. The van der Waals surface area contributed by atoms with E-state index < -0.39 is 0 Å². The molecule has 1 aliphatic carbocycles. The first-order chi connectivity index (χ1) is 9.66. The van der Waals surface area contributed by atoms with Crippen molar-refractivity contribution in [2.75, 3.05) is 11.9 Å². The highest BCUT2D eigenvalue weighted by Crippen LogP contribution is 2.47. The minimum atomic E-state index is 0.00661. The number of carbonyl (C=O) groups excluding carboxylic acids is 1. The summed E-state index contributed by atoms with van der Waals surface area (Å²) in [5, 5.41) is 7.22. The van der Waals surface area contributed by atoms with E-state index in [1.807, 2.05) is 24.0 Å². The molecule has 2 aromatic heterocycles. The van der Waals surface area contributed by atoms with Gasteiger partial charge in [0.25, 0.3) is 0 Å². The fourth-order valence-corrected chi connectivity index (χ4v) is 3.22. The molecule has 1 N–H and O–H groups in total. The third kappa shape index (κ3) is 1.60. The van der Waals surface area contributed by atoms with Crippen LogP contribution in [0.3, 0.4) is 0 Å². The Labute approximate surface area is 116 Å². The first kappa shape index (κ1) is 11.7. The van der Waals surface area contributed by atoms with Gasteiger partial charge < -0.3 is 10.2 Å². The van der Waals surface area contributed by atoms with Crippen LogP contribution in [-0.4, -0.2) is 37.6 Å². The van der Waals surface area contributed by atoms with Crippen LogP contribution in [0.15, 0.2) is 18.3 Å². The lowest BCUT2D eigenvalue weighted by Gasteiger charge is -2.58. The lowest BCUT2D eigenvalue weighted by atomic mass is 9.68. The molecule has 2 aromatic rings. The number of likely N-dealkylation sites (tertiary alicyclic amines) is 1. The molecule has 1 spiro atoms. The summed E-state index contributed by atoms with van der Waals surface area (Å²) in [5.41, 5.74) is 1.73. The van der Waals surface area contributed by atoms with Gasteiger partial charge in [-0.1, -0.05) is 0 Å². The number of nitrogens with one attached hydrogen (secondary N) is 1. The van der Waals surface area contributed by atoms with Crippen LogP contribution in [0, 0.1) is 6.92 Å². The van der Waals surface area contributed by atoms with Gasteiger partial charge in [-0.2, -0.15) is 5.10 Å². The number of aromatic nitrogens is 3. The number of carbonyl (C=O) groups is 1. The predicted molar refractivity (Wildman–Crippen MR) is 74.6 cm³/mol. The Hall–Kier alpha value is -2.11. The van der Waals surface area contributed by atoms with Gasteiger partial charge in [0.1, 0.15) is 5.82 Å². The zero-order chi connectivity index (χ0) is 13.7. The molecule has 0 bridgehead atoms. The zero-order valence-electron chi connectivity index (χ0n) is 11.5. The average molecular weight is 271 g/mol. The van der Waals surface area contributed by atoms with Gasteiger partial charge in [-0.3, -0.25) is 0 Å². The van der Waals surface area contributed by atoms with Crippen LogP contribution in [0.1, 0.15) is 31.5 Å². The summed E-state index contributed by atoms with van der Waals surface area (Å²) in [7, 11) is 0. The maximum absolute atomic E-state index is 12.3. The molecule has 6 nitrogen and oxygen atoms in total. The molecule has 1 saturated carbocycles. The molecule has 6 heteroatoms. The van der Waals surface area contributed by atoms with E-state index in [-0.39, 0.29) is 11.6 Å². The van der Waals surface area contributed by atoms with Gasteiger partial charge in [0.05, 0.1) is 11.9 Å². The number of anilines is 1. The van der Waals surface area contributed by atoms with Crippen LogP contribution in [0.5, 0.6) is 0 Å². The third-order valence-corrected chi connectivity index (χ3v) is 4.59. The van der Waals surface area contributed by atoms with Gasteiger partial charge in [0, 0.05) is 12.1 Å². The van der Waals surface area contributed by atoms with Gasteiger partial charge in [-0.25, -0.2) is 14.3 Å². The molecular formula is C14H17N5O. The van der Waals surface area contributed by atoms with Crippen LogP contribution in [0.2, 0.25) is 0 Å². The van der Waals surface area contributed by atoms with E-state index in [1.54, 1.807) is 10.7 Å². The lowest BCUT2D eigenvalue weighted by Crippen LogP contribution is -2.66. The van der Waals surface area contributed by atoms with Crippen molar-refractivity contribution < 1.29 is 4.79 Å². The summed E-state index contributed by atoms with van der Waals surface area (Å²) >= 11 is 0. The minimum Gasteiger partial charge on any atom is -0.319 e. The van der Waals surface area contributed by atoms with Crippen LogP contribution >= 0.6 is 0 Å². The number of amides is 2. The Morgan fingerprint density at radius 2 is 2.20 bits per heavy atom. The fraction of sp³-hybridized carbons (Fsp3) is 0.500. The minimum absolute atomic E-state index is 0.00661. The largest absolute Gasteiger partial charge is 0.322 e. The highest BCUT2D eigenvalue weighted by molar-refractivity contribution is 5.90. The van der Waals surface area contributed by atoms with E-state index in [1.165, 1.54) is 6.42 Å². The van der Waals surface area contributed by atoms with Crippen molar-refractivity contribution in [3.05, 3.63) is 24.2 Å². The van der Waals surface area contributed by atoms with Crippen molar-refractivity contribution in [2.45, 2.75) is 38.1 Å². The van der Waals surface area contributed by atoms with Gasteiger partial charge in [0.2, 0.25) is 0 Å². The first-order valence-electron chi connectivity index (χ1n) is 7.08. The molecule has 2 aliphatic rings. The molecule has 0 atom stereocenters. The quantitative estimate of drug-likeness (QED) is 0.864. The van der Waals surface area contributed by atoms with E-state index in [2.05, 4.69) is 15.4 Å². The smallest absolute Gasteiger partial charge is 0.319 e. The van der Waals surface area contributed by atoms with Crippen molar-refractivity contribution in [1.29, 1.82) is 0 Å². The number of hydrogen-bond donors (Lipinski definition) is 1. The molecule has 0 radical (unpaired) electrons. The maximum Gasteiger partial charge on any atom is 0.322 e. The monoisotopic (exact) mass is 271 g/mol. The van der Waals surface area contributed by atoms with Crippen molar-refractivity contribution in [2.24, 2.45) is 0 Å². The number of aryl methyl sites for hydroxylation is 1. The van der Waals surface area contributed by atoms with Gasteiger partial charge >= 0.3 is 6.03 Å². The second-order valence-corrected chi connectivity index (χ2v) is 5.79. The Kier molecular flexibility index (Phi) is 2.31. The molecule has 20 heavy (non-hydrogen) atoms. The molecule has 2 fully saturated rings. The summed E-state index contributed by atoms with van der Waals surface area (Å²) in [6.45, 7) is 2.72. The second kappa shape index (κ2) is 3.94. The number of urea groups is 1. The van der Waals surface area contributed by atoms with Crippen LogP contribution < -0.4 is 5.32 Å². The van der Waals surface area contributed by atoms with Gasteiger partial charge in [0.15, 0.2) is 5.65 Å². The van der Waals surface area contributed by atoms with E-state index >= 15 is 0 Å². The van der Waals surface area contributed by atoms with Crippen molar-refractivity contribution in [3.8, 4) is 0 Å². The molecular weight excluding hydrogens is 254 g/mol. The maximum atomic E-state index is 12.3. The van der Waals surface area contributed by atoms with Crippen molar-refractivity contribution in [1.82, 2.24) is 19.5 Å². The van der Waals surface area contributed by atoms with Crippen LogP contribution in [-0.2, 0) is 0 Å². The Morgan fingerprint density at radius 3 is 2.85 bits per heavy atom. The van der Waals surface area contributed by atoms with Gasteiger partial charge in [-0.15, -0.1) is 0 Å². The molecule has 104 valence electrons. The number of fused-ring (bicyclic) bond motifs is 1. The molecule has 4 rings (SSSR count). The number of pyridine rings is 1. The summed E-state index contributed by atoms with van der Waals surface area (Å²) in [4.78, 5) is 18.6. The molecule has 2 amide bonds. The van der Waals surface area contributed by atoms with E-state index in [4.69, 9.17) is 0 Å². The summed E-state index contributed by atoms with van der Waals surface area (Å²) in [6, 6.07) is 3.74. The zero-order valence-corrected chi connectivity index (χ0v) is 11.5. The normalized spacial score (nSPS) is 19.8. The highest BCUT2D eigenvalue weighted by atomic mass is 16.2. The molecule has 1 aliphatic heterocycles. The average Bonchev–Trinajstić information content (AvgIpc) is 2.64. The van der Waals surface area contributed by atoms with Crippen LogP contribution in [0.25, 0.3) is 5.65 Å². The summed E-state index contributed by atoms with van der Waals surface area (Å²) in [5.74, 6) is 0.727. The van der Waals surface area contributed by atoms with Crippen LogP contribution in [0.4, 0.5) is 10.5 Å². The first-order valence-corrected chi connectivity index (χ1v) is 7.08. The summed E-state index contributed by atoms with van der Waals surface area (Å²) < 4.78 is 1.69. The van der Waals surface area contributed by atoms with E-state index in [9.17, 15) is 4.79 Å². The van der Waals surface area contributed by atoms with Gasteiger partial charge in [-0.05, 0) is 44.7 Å². The van der Waals surface area contributed by atoms with Crippen molar-refractivity contribution in [3.63, 3.8) is 0 Å².